The standard InChI is InChI=1S/C16H19N5O2/c1-4-21-9-12(8-18-21)20-15(22)6-5-13-10(2)14(7-17)16(23)19-11(13)3/h8-9H,4-6H2,1-3H3,(H,19,23)(H,20,22). The van der Waals surface area contributed by atoms with E-state index in [1.165, 1.54) is 0 Å². The summed E-state index contributed by atoms with van der Waals surface area (Å²) in [5.41, 5.74) is 2.54. The molecule has 1 amide bonds. The molecular formula is C16H19N5O2. The van der Waals surface area contributed by atoms with Gasteiger partial charge in [0.15, 0.2) is 0 Å². The molecule has 7 nitrogen and oxygen atoms in total. The molecule has 0 spiro atoms. The Labute approximate surface area is 134 Å². The van der Waals surface area contributed by atoms with Gasteiger partial charge >= 0.3 is 0 Å². The number of pyridine rings is 1. The molecule has 7 heteroatoms. The number of hydrogen-bond donors (Lipinski definition) is 2. The lowest BCUT2D eigenvalue weighted by Crippen LogP contribution is -2.18. The number of carbonyl (C=O) groups excluding carboxylic acids is 1. The predicted molar refractivity (Wildman–Crippen MR) is 86.1 cm³/mol. The number of aryl methyl sites for hydroxylation is 2. The molecule has 0 saturated carbocycles. The minimum atomic E-state index is -0.386. The van der Waals surface area contributed by atoms with Crippen molar-refractivity contribution in [3.63, 3.8) is 0 Å². The Bertz CT molecular complexity index is 826. The van der Waals surface area contributed by atoms with E-state index in [9.17, 15) is 9.59 Å². The zero-order valence-corrected chi connectivity index (χ0v) is 13.4. The van der Waals surface area contributed by atoms with E-state index in [0.717, 1.165) is 12.1 Å². The van der Waals surface area contributed by atoms with Gasteiger partial charge < -0.3 is 10.3 Å². The number of aromatic amines is 1. The number of carbonyl (C=O) groups is 1. The summed E-state index contributed by atoms with van der Waals surface area (Å²) < 4.78 is 1.73. The third kappa shape index (κ3) is 3.66. The van der Waals surface area contributed by atoms with E-state index in [2.05, 4.69) is 15.4 Å². The van der Waals surface area contributed by atoms with Crippen LogP contribution in [-0.4, -0.2) is 20.7 Å². The second-order valence-corrected chi connectivity index (χ2v) is 5.30. The fourth-order valence-electron chi connectivity index (χ4n) is 2.48. The molecule has 2 N–H and O–H groups in total. The number of aromatic nitrogens is 3. The summed E-state index contributed by atoms with van der Waals surface area (Å²) in [7, 11) is 0. The number of nitrogens with zero attached hydrogens (tertiary/aromatic N) is 3. The smallest absolute Gasteiger partial charge is 0.266 e. The van der Waals surface area contributed by atoms with Gasteiger partial charge in [-0.25, -0.2) is 0 Å². The average molecular weight is 313 g/mol. The molecule has 2 rings (SSSR count). The zero-order chi connectivity index (χ0) is 17.0. The van der Waals surface area contributed by atoms with Crippen molar-refractivity contribution in [1.29, 1.82) is 5.26 Å². The number of rotatable bonds is 5. The van der Waals surface area contributed by atoms with Gasteiger partial charge in [0.25, 0.3) is 5.56 Å². The Hall–Kier alpha value is -2.88. The number of nitriles is 1. The van der Waals surface area contributed by atoms with Crippen molar-refractivity contribution in [1.82, 2.24) is 14.8 Å². The van der Waals surface area contributed by atoms with E-state index < -0.39 is 0 Å². The molecule has 0 unspecified atom stereocenters. The van der Waals surface area contributed by atoms with Gasteiger partial charge in [-0.2, -0.15) is 10.4 Å². The van der Waals surface area contributed by atoms with Gasteiger partial charge in [-0.05, 0) is 38.3 Å². The third-order valence-corrected chi connectivity index (χ3v) is 3.76. The summed E-state index contributed by atoms with van der Waals surface area (Å²) in [6, 6.07) is 1.91. The number of amides is 1. The minimum absolute atomic E-state index is 0.107. The highest BCUT2D eigenvalue weighted by Crippen LogP contribution is 2.15. The molecule has 2 aromatic rings. The molecule has 2 aromatic heterocycles. The van der Waals surface area contributed by atoms with Gasteiger partial charge in [0.05, 0.1) is 11.9 Å². The van der Waals surface area contributed by atoms with Crippen molar-refractivity contribution in [2.24, 2.45) is 0 Å². The maximum Gasteiger partial charge on any atom is 0.266 e. The van der Waals surface area contributed by atoms with Gasteiger partial charge in [0, 0.05) is 24.9 Å². The van der Waals surface area contributed by atoms with Crippen LogP contribution in [0.15, 0.2) is 17.2 Å². The summed E-state index contributed by atoms with van der Waals surface area (Å²) in [6.45, 7) is 6.21. The lowest BCUT2D eigenvalue weighted by atomic mass is 9.99. The number of nitrogens with one attached hydrogen (secondary N) is 2. The van der Waals surface area contributed by atoms with Crippen LogP contribution in [0.2, 0.25) is 0 Å². The Morgan fingerprint density at radius 3 is 2.83 bits per heavy atom. The molecule has 0 aliphatic carbocycles. The van der Waals surface area contributed by atoms with Crippen LogP contribution >= 0.6 is 0 Å². The van der Waals surface area contributed by atoms with E-state index in [4.69, 9.17) is 5.26 Å². The van der Waals surface area contributed by atoms with E-state index in [0.29, 0.717) is 23.4 Å². The van der Waals surface area contributed by atoms with Crippen LogP contribution in [0.5, 0.6) is 0 Å². The van der Waals surface area contributed by atoms with Crippen LogP contribution in [0, 0.1) is 25.2 Å². The molecule has 0 fully saturated rings. The first kappa shape index (κ1) is 16.5. The van der Waals surface area contributed by atoms with Crippen molar-refractivity contribution in [3.8, 4) is 6.07 Å². The summed E-state index contributed by atoms with van der Waals surface area (Å²) in [4.78, 5) is 26.4. The highest BCUT2D eigenvalue weighted by Gasteiger charge is 2.13. The van der Waals surface area contributed by atoms with E-state index >= 15 is 0 Å². The van der Waals surface area contributed by atoms with E-state index in [1.807, 2.05) is 13.0 Å². The fourth-order valence-corrected chi connectivity index (χ4v) is 2.48. The monoisotopic (exact) mass is 313 g/mol. The molecule has 0 bridgehead atoms. The summed E-state index contributed by atoms with van der Waals surface area (Å²) in [6.07, 6.45) is 4.08. The maximum absolute atomic E-state index is 12.0. The number of hydrogen-bond acceptors (Lipinski definition) is 4. The molecule has 0 aliphatic rings. The highest BCUT2D eigenvalue weighted by molar-refractivity contribution is 5.90. The molecule has 2 heterocycles. The minimum Gasteiger partial charge on any atom is -0.325 e. The lowest BCUT2D eigenvalue weighted by molar-refractivity contribution is -0.116. The first-order valence-corrected chi connectivity index (χ1v) is 7.41. The molecule has 120 valence electrons. The Kier molecular flexibility index (Phi) is 4.96. The Morgan fingerprint density at radius 2 is 2.22 bits per heavy atom. The van der Waals surface area contributed by atoms with Crippen LogP contribution in [0.3, 0.4) is 0 Å². The van der Waals surface area contributed by atoms with Crippen molar-refractivity contribution in [2.75, 3.05) is 5.32 Å². The SMILES string of the molecule is CCn1cc(NC(=O)CCc2c(C)[nH]c(=O)c(C#N)c2C)cn1. The largest absolute Gasteiger partial charge is 0.325 e. The maximum atomic E-state index is 12.0. The fraction of sp³-hybridized carbons (Fsp3) is 0.375. The molecule has 0 aliphatic heterocycles. The lowest BCUT2D eigenvalue weighted by Gasteiger charge is -2.10. The van der Waals surface area contributed by atoms with Gasteiger partial charge in [0.2, 0.25) is 5.91 Å². The van der Waals surface area contributed by atoms with Crippen molar-refractivity contribution in [3.05, 3.63) is 45.1 Å². The molecule has 0 radical (unpaired) electrons. The Morgan fingerprint density at radius 1 is 1.48 bits per heavy atom. The van der Waals surface area contributed by atoms with Crippen molar-refractivity contribution < 1.29 is 4.79 Å². The molecule has 0 aromatic carbocycles. The van der Waals surface area contributed by atoms with Crippen LogP contribution in [0.25, 0.3) is 0 Å². The van der Waals surface area contributed by atoms with E-state index in [-0.39, 0.29) is 23.5 Å². The van der Waals surface area contributed by atoms with E-state index in [1.54, 1.807) is 30.9 Å². The number of H-pyrrole nitrogens is 1. The molecule has 0 atom stereocenters. The second-order valence-electron chi connectivity index (χ2n) is 5.30. The van der Waals surface area contributed by atoms with Crippen LogP contribution in [0.1, 0.15) is 35.7 Å². The predicted octanol–water partition coefficient (Wildman–Crippen LogP) is 1.65. The molecule has 23 heavy (non-hydrogen) atoms. The van der Waals surface area contributed by atoms with Gasteiger partial charge in [-0.3, -0.25) is 14.3 Å². The van der Waals surface area contributed by atoms with Crippen molar-refractivity contribution in [2.45, 2.75) is 40.2 Å². The van der Waals surface area contributed by atoms with Gasteiger partial charge in [0.1, 0.15) is 11.6 Å². The van der Waals surface area contributed by atoms with Crippen molar-refractivity contribution >= 4 is 11.6 Å². The van der Waals surface area contributed by atoms with Gasteiger partial charge in [-0.15, -0.1) is 0 Å². The summed E-state index contributed by atoms with van der Waals surface area (Å²) in [5, 5.41) is 15.9. The zero-order valence-electron chi connectivity index (χ0n) is 13.4. The van der Waals surface area contributed by atoms with Crippen LogP contribution in [0.4, 0.5) is 5.69 Å². The summed E-state index contributed by atoms with van der Waals surface area (Å²) in [5.74, 6) is -0.135. The quantitative estimate of drug-likeness (QED) is 0.875. The van der Waals surface area contributed by atoms with Crippen LogP contribution < -0.4 is 10.9 Å². The third-order valence-electron chi connectivity index (χ3n) is 3.76. The van der Waals surface area contributed by atoms with Gasteiger partial charge in [-0.1, -0.05) is 0 Å². The second kappa shape index (κ2) is 6.92. The Balaban J connectivity index is 2.07. The number of anilines is 1. The topological polar surface area (TPSA) is 104 Å². The normalized spacial score (nSPS) is 10.3. The highest BCUT2D eigenvalue weighted by atomic mass is 16.1. The molecular weight excluding hydrogens is 294 g/mol. The first-order chi connectivity index (χ1) is 11.0. The molecule has 0 saturated heterocycles. The average Bonchev–Trinajstić information content (AvgIpc) is 2.94. The summed E-state index contributed by atoms with van der Waals surface area (Å²) >= 11 is 0. The first-order valence-electron chi connectivity index (χ1n) is 7.41. The van der Waals surface area contributed by atoms with Crippen LogP contribution in [-0.2, 0) is 17.8 Å².